The highest BCUT2D eigenvalue weighted by atomic mass is 16.6. The van der Waals surface area contributed by atoms with Crippen LogP contribution in [0.3, 0.4) is 0 Å². The number of carbonyl (C=O) groups excluding carboxylic acids is 1. The highest BCUT2D eigenvalue weighted by molar-refractivity contribution is 5.92. The molecule has 82 valence electrons. The molecule has 1 aromatic carbocycles. The zero-order valence-corrected chi connectivity index (χ0v) is 8.73. The minimum Gasteiger partial charge on any atom is -0.277 e. The van der Waals surface area contributed by atoms with Crippen molar-refractivity contribution in [3.05, 3.63) is 42.1 Å². The summed E-state index contributed by atoms with van der Waals surface area (Å²) in [6.07, 6.45) is 0. The fourth-order valence-electron chi connectivity index (χ4n) is 1.34. The topological polar surface area (TPSA) is 67.0 Å². The molecule has 16 heavy (non-hydrogen) atoms. The van der Waals surface area contributed by atoms with E-state index in [0.717, 1.165) is 11.3 Å². The second-order valence-electron chi connectivity index (χ2n) is 3.17. The summed E-state index contributed by atoms with van der Waals surface area (Å²) in [6.45, 7) is 0. The first-order chi connectivity index (χ1) is 7.81. The SMILES string of the molecule is CONC(=O)c1cc(-c2ccccc2)n[nH]1. The van der Waals surface area contributed by atoms with Crippen LogP contribution < -0.4 is 5.48 Å². The summed E-state index contributed by atoms with van der Waals surface area (Å²) in [5, 5.41) is 6.70. The van der Waals surface area contributed by atoms with E-state index in [1.54, 1.807) is 6.07 Å². The van der Waals surface area contributed by atoms with Gasteiger partial charge in [-0.15, -0.1) is 0 Å². The Balaban J connectivity index is 2.23. The Morgan fingerprint density at radius 1 is 1.38 bits per heavy atom. The van der Waals surface area contributed by atoms with E-state index in [9.17, 15) is 4.79 Å². The van der Waals surface area contributed by atoms with E-state index in [2.05, 4.69) is 20.5 Å². The fourth-order valence-corrected chi connectivity index (χ4v) is 1.34. The average molecular weight is 217 g/mol. The number of nitrogens with one attached hydrogen (secondary N) is 2. The number of nitrogens with zero attached hydrogens (tertiary/aromatic N) is 1. The zero-order valence-electron chi connectivity index (χ0n) is 8.73. The maximum Gasteiger partial charge on any atom is 0.292 e. The Labute approximate surface area is 92.4 Å². The van der Waals surface area contributed by atoms with Crippen LogP contribution in [0.2, 0.25) is 0 Å². The van der Waals surface area contributed by atoms with Gasteiger partial charge >= 0.3 is 0 Å². The van der Waals surface area contributed by atoms with Gasteiger partial charge < -0.3 is 0 Å². The van der Waals surface area contributed by atoms with Crippen molar-refractivity contribution in [1.29, 1.82) is 0 Å². The van der Waals surface area contributed by atoms with Crippen molar-refractivity contribution in [2.45, 2.75) is 0 Å². The van der Waals surface area contributed by atoms with E-state index in [1.165, 1.54) is 7.11 Å². The molecule has 0 spiro atoms. The predicted octanol–water partition coefficient (Wildman–Crippen LogP) is 1.37. The number of hydrogen-bond donors (Lipinski definition) is 2. The standard InChI is InChI=1S/C11H11N3O2/c1-16-14-11(15)10-7-9(12-13-10)8-5-3-2-4-6-8/h2-7H,1H3,(H,12,13)(H,14,15). The minimum absolute atomic E-state index is 0.350. The Morgan fingerprint density at radius 2 is 2.12 bits per heavy atom. The van der Waals surface area contributed by atoms with E-state index < -0.39 is 0 Å². The van der Waals surface area contributed by atoms with Crippen LogP contribution in [0.5, 0.6) is 0 Å². The molecular weight excluding hydrogens is 206 g/mol. The number of carbonyl (C=O) groups is 1. The lowest BCUT2D eigenvalue weighted by Gasteiger charge is -1.96. The lowest BCUT2D eigenvalue weighted by molar-refractivity contribution is 0.0532. The van der Waals surface area contributed by atoms with Crippen molar-refractivity contribution in [2.75, 3.05) is 7.11 Å². The van der Waals surface area contributed by atoms with E-state index >= 15 is 0 Å². The Bertz CT molecular complexity index is 479. The second kappa shape index (κ2) is 4.59. The van der Waals surface area contributed by atoms with Crippen LogP contribution in [0.1, 0.15) is 10.5 Å². The number of rotatable bonds is 3. The van der Waals surface area contributed by atoms with Gasteiger partial charge in [0.25, 0.3) is 5.91 Å². The molecule has 0 aliphatic rings. The van der Waals surface area contributed by atoms with Gasteiger partial charge in [-0.05, 0) is 6.07 Å². The van der Waals surface area contributed by atoms with Gasteiger partial charge in [0.1, 0.15) is 5.69 Å². The number of hydrogen-bond acceptors (Lipinski definition) is 3. The molecular formula is C11H11N3O2. The van der Waals surface area contributed by atoms with Gasteiger partial charge in [0.15, 0.2) is 0 Å². The molecule has 5 nitrogen and oxygen atoms in total. The first kappa shape index (κ1) is 10.4. The first-order valence-corrected chi connectivity index (χ1v) is 4.75. The molecule has 2 rings (SSSR count). The number of benzene rings is 1. The molecule has 1 aromatic heterocycles. The summed E-state index contributed by atoms with van der Waals surface area (Å²) in [5.41, 5.74) is 4.26. The van der Waals surface area contributed by atoms with Crippen LogP contribution in [-0.2, 0) is 4.84 Å². The molecule has 0 radical (unpaired) electrons. The normalized spacial score (nSPS) is 10.1. The van der Waals surface area contributed by atoms with Gasteiger partial charge in [-0.1, -0.05) is 30.3 Å². The van der Waals surface area contributed by atoms with Crippen LogP contribution in [0.25, 0.3) is 11.3 Å². The molecule has 0 aliphatic carbocycles. The molecule has 1 heterocycles. The monoisotopic (exact) mass is 217 g/mol. The number of H-pyrrole nitrogens is 1. The zero-order chi connectivity index (χ0) is 11.4. The first-order valence-electron chi connectivity index (χ1n) is 4.75. The quantitative estimate of drug-likeness (QED) is 0.763. The fraction of sp³-hybridized carbons (Fsp3) is 0.0909. The molecule has 0 unspecified atom stereocenters. The van der Waals surface area contributed by atoms with Crippen molar-refractivity contribution >= 4 is 5.91 Å². The van der Waals surface area contributed by atoms with Crippen LogP contribution in [0, 0.1) is 0 Å². The summed E-state index contributed by atoms with van der Waals surface area (Å²) >= 11 is 0. The lowest BCUT2D eigenvalue weighted by atomic mass is 10.1. The Morgan fingerprint density at radius 3 is 2.81 bits per heavy atom. The summed E-state index contributed by atoms with van der Waals surface area (Å²) in [4.78, 5) is 15.9. The van der Waals surface area contributed by atoms with Gasteiger partial charge in [0.2, 0.25) is 0 Å². The summed E-state index contributed by atoms with van der Waals surface area (Å²) in [6, 6.07) is 11.3. The van der Waals surface area contributed by atoms with Crippen molar-refractivity contribution < 1.29 is 9.63 Å². The molecule has 2 N–H and O–H groups in total. The third-order valence-corrected chi connectivity index (χ3v) is 2.09. The van der Waals surface area contributed by atoms with Gasteiger partial charge in [-0.2, -0.15) is 5.10 Å². The predicted molar refractivity (Wildman–Crippen MR) is 58.5 cm³/mol. The van der Waals surface area contributed by atoms with Gasteiger partial charge in [-0.25, -0.2) is 5.48 Å². The van der Waals surface area contributed by atoms with Gasteiger partial charge in [-0.3, -0.25) is 14.7 Å². The van der Waals surface area contributed by atoms with E-state index in [1.807, 2.05) is 30.3 Å². The second-order valence-corrected chi connectivity index (χ2v) is 3.17. The van der Waals surface area contributed by atoms with Gasteiger partial charge in [0, 0.05) is 5.56 Å². The van der Waals surface area contributed by atoms with Crippen molar-refractivity contribution in [3.63, 3.8) is 0 Å². The number of hydroxylamine groups is 1. The van der Waals surface area contributed by atoms with Crippen molar-refractivity contribution in [2.24, 2.45) is 0 Å². The van der Waals surface area contributed by atoms with Gasteiger partial charge in [0.05, 0.1) is 12.8 Å². The van der Waals surface area contributed by atoms with E-state index in [4.69, 9.17) is 0 Å². The van der Waals surface area contributed by atoms with Crippen molar-refractivity contribution in [1.82, 2.24) is 15.7 Å². The molecule has 0 bridgehead atoms. The third-order valence-electron chi connectivity index (χ3n) is 2.09. The van der Waals surface area contributed by atoms with E-state index in [-0.39, 0.29) is 5.91 Å². The Hall–Kier alpha value is -2.14. The number of amides is 1. The summed E-state index contributed by atoms with van der Waals surface area (Å²) < 4.78 is 0. The minimum atomic E-state index is -0.350. The molecule has 2 aromatic rings. The molecule has 0 aliphatic heterocycles. The molecule has 5 heteroatoms. The lowest BCUT2D eigenvalue weighted by Crippen LogP contribution is -2.22. The summed E-state index contributed by atoms with van der Waals surface area (Å²) in [7, 11) is 1.38. The third kappa shape index (κ3) is 2.09. The smallest absolute Gasteiger partial charge is 0.277 e. The molecule has 0 fully saturated rings. The maximum absolute atomic E-state index is 11.4. The maximum atomic E-state index is 11.4. The highest BCUT2D eigenvalue weighted by Crippen LogP contribution is 2.16. The van der Waals surface area contributed by atoms with Crippen LogP contribution in [-0.4, -0.2) is 23.2 Å². The largest absolute Gasteiger partial charge is 0.292 e. The molecule has 1 amide bonds. The average Bonchev–Trinajstić information content (AvgIpc) is 2.80. The van der Waals surface area contributed by atoms with Crippen molar-refractivity contribution in [3.8, 4) is 11.3 Å². The Kier molecular flexibility index (Phi) is 2.98. The highest BCUT2D eigenvalue weighted by Gasteiger charge is 2.09. The molecule has 0 saturated heterocycles. The summed E-state index contributed by atoms with van der Waals surface area (Å²) in [5.74, 6) is -0.350. The van der Waals surface area contributed by atoms with Crippen LogP contribution in [0.15, 0.2) is 36.4 Å². The van der Waals surface area contributed by atoms with E-state index in [0.29, 0.717) is 5.69 Å². The number of aromatic amines is 1. The molecule has 0 atom stereocenters. The van der Waals surface area contributed by atoms with Crippen LogP contribution in [0.4, 0.5) is 0 Å². The van der Waals surface area contributed by atoms with Crippen LogP contribution >= 0.6 is 0 Å². The molecule has 0 saturated carbocycles. The number of aromatic nitrogens is 2.